The van der Waals surface area contributed by atoms with Crippen molar-refractivity contribution in [1.82, 2.24) is 0 Å². The lowest BCUT2D eigenvalue weighted by Crippen LogP contribution is -2.22. The van der Waals surface area contributed by atoms with Gasteiger partial charge in [-0.05, 0) is 30.3 Å². The molecular formula is C14H10F4N2O. The van der Waals surface area contributed by atoms with Crippen LogP contribution in [0.3, 0.4) is 0 Å². The van der Waals surface area contributed by atoms with Gasteiger partial charge in [-0.15, -0.1) is 0 Å². The molecule has 1 amide bonds. The molecule has 0 heterocycles. The molecule has 0 atom stereocenters. The highest BCUT2D eigenvalue weighted by atomic mass is 19.1. The van der Waals surface area contributed by atoms with Crippen molar-refractivity contribution in [3.63, 3.8) is 0 Å². The Labute approximate surface area is 117 Å². The number of carbonyl (C=O) groups excluding carboxylic acids is 1. The minimum absolute atomic E-state index is 0.0704. The second-order valence-electron chi connectivity index (χ2n) is 4.18. The molecule has 0 aliphatic heterocycles. The number of benzene rings is 2. The van der Waals surface area contributed by atoms with Gasteiger partial charge in [-0.25, -0.2) is 17.6 Å². The van der Waals surface area contributed by atoms with Crippen LogP contribution >= 0.6 is 0 Å². The monoisotopic (exact) mass is 298 g/mol. The van der Waals surface area contributed by atoms with Crippen LogP contribution in [0.5, 0.6) is 0 Å². The number of hydrogen-bond donors (Lipinski definition) is 2. The van der Waals surface area contributed by atoms with Crippen molar-refractivity contribution in [1.29, 1.82) is 0 Å². The summed E-state index contributed by atoms with van der Waals surface area (Å²) in [4.78, 5) is 11.6. The summed E-state index contributed by atoms with van der Waals surface area (Å²) in [5.74, 6) is -3.72. The third kappa shape index (κ3) is 4.20. The summed E-state index contributed by atoms with van der Waals surface area (Å²) in [6.45, 7) is -0.390. The molecule has 0 aliphatic carbocycles. The molecule has 2 aromatic rings. The van der Waals surface area contributed by atoms with E-state index in [1.807, 2.05) is 0 Å². The first kappa shape index (κ1) is 14.8. The van der Waals surface area contributed by atoms with Gasteiger partial charge in [0.2, 0.25) is 5.91 Å². The summed E-state index contributed by atoms with van der Waals surface area (Å²) in [5, 5.41) is 4.62. The normalized spacial score (nSPS) is 10.3. The molecule has 2 rings (SSSR count). The highest BCUT2D eigenvalue weighted by molar-refractivity contribution is 5.93. The molecule has 0 fully saturated rings. The maximum Gasteiger partial charge on any atom is 0.243 e. The van der Waals surface area contributed by atoms with Gasteiger partial charge in [0.1, 0.15) is 23.3 Å². The Morgan fingerprint density at radius 3 is 2.24 bits per heavy atom. The lowest BCUT2D eigenvalue weighted by Gasteiger charge is -2.09. The van der Waals surface area contributed by atoms with Gasteiger partial charge in [-0.2, -0.15) is 0 Å². The average Bonchev–Trinajstić information content (AvgIpc) is 2.38. The Kier molecular flexibility index (Phi) is 4.42. The Morgan fingerprint density at radius 1 is 0.905 bits per heavy atom. The molecule has 7 heteroatoms. The molecule has 0 bridgehead atoms. The highest BCUT2D eigenvalue weighted by Gasteiger charge is 2.08. The van der Waals surface area contributed by atoms with E-state index >= 15 is 0 Å². The zero-order valence-corrected chi connectivity index (χ0v) is 10.6. The molecule has 0 saturated heterocycles. The van der Waals surface area contributed by atoms with Gasteiger partial charge >= 0.3 is 0 Å². The molecule has 110 valence electrons. The summed E-state index contributed by atoms with van der Waals surface area (Å²) in [5.41, 5.74) is -0.255. The molecule has 0 unspecified atom stereocenters. The van der Waals surface area contributed by atoms with Crippen LogP contribution in [0, 0.1) is 23.3 Å². The summed E-state index contributed by atoms with van der Waals surface area (Å²) >= 11 is 0. The van der Waals surface area contributed by atoms with Gasteiger partial charge in [-0.3, -0.25) is 4.79 Å². The Hall–Kier alpha value is -2.57. The van der Waals surface area contributed by atoms with Gasteiger partial charge in [0.15, 0.2) is 0 Å². The van der Waals surface area contributed by atoms with E-state index in [1.54, 1.807) is 0 Å². The van der Waals surface area contributed by atoms with Crippen LogP contribution in [0.4, 0.5) is 28.9 Å². The predicted octanol–water partition coefficient (Wildman–Crippen LogP) is 3.29. The predicted molar refractivity (Wildman–Crippen MR) is 69.8 cm³/mol. The number of carbonyl (C=O) groups is 1. The average molecular weight is 298 g/mol. The van der Waals surface area contributed by atoms with Crippen molar-refractivity contribution < 1.29 is 22.4 Å². The number of amides is 1. The van der Waals surface area contributed by atoms with E-state index < -0.39 is 35.7 Å². The maximum atomic E-state index is 13.3. The molecule has 0 aromatic heterocycles. The molecule has 0 spiro atoms. The van der Waals surface area contributed by atoms with Crippen molar-refractivity contribution in [2.75, 3.05) is 17.2 Å². The molecule has 0 saturated carbocycles. The first-order valence-electron chi connectivity index (χ1n) is 5.89. The molecule has 21 heavy (non-hydrogen) atoms. The summed E-state index contributed by atoms with van der Waals surface area (Å²) in [6.07, 6.45) is 0. The first-order chi connectivity index (χ1) is 9.94. The van der Waals surface area contributed by atoms with Crippen LogP contribution in [-0.4, -0.2) is 12.5 Å². The van der Waals surface area contributed by atoms with Gasteiger partial charge in [0.05, 0.1) is 12.2 Å². The number of rotatable bonds is 4. The Morgan fingerprint density at radius 2 is 1.57 bits per heavy atom. The number of halogens is 4. The molecular weight excluding hydrogens is 288 g/mol. The van der Waals surface area contributed by atoms with Crippen LogP contribution in [0.2, 0.25) is 0 Å². The standard InChI is InChI=1S/C14H10F4N2O/c15-8-1-2-12(18)13(6-8)19-7-14(21)20-11-4-9(16)3-10(17)5-11/h1-6,19H,7H2,(H,20,21). The van der Waals surface area contributed by atoms with E-state index in [4.69, 9.17) is 0 Å². The largest absolute Gasteiger partial charge is 0.374 e. The lowest BCUT2D eigenvalue weighted by atomic mass is 10.3. The molecule has 0 aliphatic rings. The smallest absolute Gasteiger partial charge is 0.243 e. The summed E-state index contributed by atoms with van der Waals surface area (Å²) < 4.78 is 52.1. The van der Waals surface area contributed by atoms with Crippen LogP contribution in [0.15, 0.2) is 36.4 Å². The van der Waals surface area contributed by atoms with Crippen molar-refractivity contribution in [2.24, 2.45) is 0 Å². The number of hydrogen-bond acceptors (Lipinski definition) is 2. The Balaban J connectivity index is 1.97. The third-order valence-corrected chi connectivity index (χ3v) is 2.51. The SMILES string of the molecule is O=C(CNc1cc(F)ccc1F)Nc1cc(F)cc(F)c1. The van der Waals surface area contributed by atoms with Crippen molar-refractivity contribution in [2.45, 2.75) is 0 Å². The number of anilines is 2. The van der Waals surface area contributed by atoms with Gasteiger partial charge < -0.3 is 10.6 Å². The molecule has 0 radical (unpaired) electrons. The first-order valence-corrected chi connectivity index (χ1v) is 5.89. The van der Waals surface area contributed by atoms with Crippen molar-refractivity contribution in [3.8, 4) is 0 Å². The quantitative estimate of drug-likeness (QED) is 0.850. The Bertz CT molecular complexity index is 656. The minimum atomic E-state index is -0.838. The molecule has 3 nitrogen and oxygen atoms in total. The second kappa shape index (κ2) is 6.25. The zero-order chi connectivity index (χ0) is 15.4. The summed E-state index contributed by atoms with van der Waals surface area (Å²) in [7, 11) is 0. The fourth-order valence-electron chi connectivity index (χ4n) is 1.64. The van der Waals surface area contributed by atoms with E-state index in [2.05, 4.69) is 10.6 Å². The van der Waals surface area contributed by atoms with Gasteiger partial charge in [0.25, 0.3) is 0 Å². The van der Waals surface area contributed by atoms with Crippen LogP contribution < -0.4 is 10.6 Å². The van der Waals surface area contributed by atoms with Gasteiger partial charge in [0, 0.05) is 11.8 Å². The highest BCUT2D eigenvalue weighted by Crippen LogP contribution is 2.15. The topological polar surface area (TPSA) is 41.1 Å². The zero-order valence-electron chi connectivity index (χ0n) is 10.6. The lowest BCUT2D eigenvalue weighted by molar-refractivity contribution is -0.114. The molecule has 2 aromatic carbocycles. The minimum Gasteiger partial charge on any atom is -0.374 e. The van der Waals surface area contributed by atoms with E-state index in [0.29, 0.717) is 6.07 Å². The third-order valence-electron chi connectivity index (χ3n) is 2.51. The van der Waals surface area contributed by atoms with Crippen molar-refractivity contribution >= 4 is 17.3 Å². The van der Waals surface area contributed by atoms with E-state index in [1.165, 1.54) is 0 Å². The summed E-state index contributed by atoms with van der Waals surface area (Å²) in [6, 6.07) is 5.28. The van der Waals surface area contributed by atoms with Crippen LogP contribution in [-0.2, 0) is 4.79 Å². The van der Waals surface area contributed by atoms with Crippen LogP contribution in [0.25, 0.3) is 0 Å². The van der Waals surface area contributed by atoms with E-state index in [-0.39, 0.29) is 11.4 Å². The second-order valence-corrected chi connectivity index (χ2v) is 4.18. The van der Waals surface area contributed by atoms with Crippen molar-refractivity contribution in [3.05, 3.63) is 59.7 Å². The van der Waals surface area contributed by atoms with Gasteiger partial charge in [-0.1, -0.05) is 0 Å². The fraction of sp³-hybridized carbons (Fsp3) is 0.0714. The number of nitrogens with one attached hydrogen (secondary N) is 2. The van der Waals surface area contributed by atoms with Crippen LogP contribution in [0.1, 0.15) is 0 Å². The van der Waals surface area contributed by atoms with E-state index in [0.717, 1.165) is 30.3 Å². The molecule has 2 N–H and O–H groups in total. The maximum absolute atomic E-state index is 13.3. The fourth-order valence-corrected chi connectivity index (χ4v) is 1.64. The van der Waals surface area contributed by atoms with E-state index in [9.17, 15) is 22.4 Å².